The van der Waals surface area contributed by atoms with Gasteiger partial charge in [0.25, 0.3) is 0 Å². The number of hydrogen-bond donors (Lipinski definition) is 1. The van der Waals surface area contributed by atoms with Crippen LogP contribution in [0.4, 0.5) is 0 Å². The van der Waals surface area contributed by atoms with E-state index in [2.05, 4.69) is 13.8 Å². The van der Waals surface area contributed by atoms with Crippen molar-refractivity contribution in [2.75, 3.05) is 0 Å². The summed E-state index contributed by atoms with van der Waals surface area (Å²) in [4.78, 5) is 11.5. The zero-order chi connectivity index (χ0) is 27.1. The Morgan fingerprint density at radius 3 is 0.838 bits per heavy atom. The summed E-state index contributed by atoms with van der Waals surface area (Å²) < 4.78 is 0. The lowest BCUT2D eigenvalue weighted by Gasteiger charge is -2.15. The third kappa shape index (κ3) is 31.6. The van der Waals surface area contributed by atoms with Crippen molar-refractivity contribution in [1.82, 2.24) is 0 Å². The molecule has 0 unspecified atom stereocenters. The van der Waals surface area contributed by atoms with Gasteiger partial charge in [0.15, 0.2) is 0 Å². The Kier molecular flexibility index (Phi) is 31.2. The van der Waals surface area contributed by atoms with Crippen LogP contribution in [0, 0.1) is 5.92 Å². The van der Waals surface area contributed by atoms with Gasteiger partial charge in [-0.15, -0.1) is 0 Å². The average Bonchev–Trinajstić information content (AvgIpc) is 2.88. The number of amides is 1. The highest BCUT2D eigenvalue weighted by Crippen LogP contribution is 2.22. The number of nitrogens with two attached hydrogens (primary N) is 1. The fourth-order valence-electron chi connectivity index (χ4n) is 5.89. The summed E-state index contributed by atoms with van der Waals surface area (Å²) in [6.45, 7) is 4.59. The molecular formula is C35H71NO. The van der Waals surface area contributed by atoms with Gasteiger partial charge in [0.2, 0.25) is 5.91 Å². The molecule has 0 aromatic carbocycles. The first kappa shape index (κ1) is 36.5. The van der Waals surface area contributed by atoms with Crippen molar-refractivity contribution in [2.24, 2.45) is 11.7 Å². The minimum atomic E-state index is -0.0965. The molecule has 0 aromatic heterocycles. The minimum absolute atomic E-state index is 0.0965. The van der Waals surface area contributed by atoms with Crippen molar-refractivity contribution in [1.29, 1.82) is 0 Å². The monoisotopic (exact) mass is 522 g/mol. The molecule has 2 heteroatoms. The smallest absolute Gasteiger partial charge is 0.217 e. The molecule has 0 aliphatic rings. The van der Waals surface area contributed by atoms with E-state index in [1.54, 1.807) is 0 Å². The zero-order valence-corrected chi connectivity index (χ0v) is 26.0. The largest absolute Gasteiger partial charge is 0.370 e. The molecule has 0 fully saturated rings. The Morgan fingerprint density at radius 2 is 0.622 bits per heavy atom. The third-order valence-electron chi connectivity index (χ3n) is 8.42. The van der Waals surface area contributed by atoms with Crippen LogP contribution in [0.3, 0.4) is 0 Å². The quantitative estimate of drug-likeness (QED) is 0.0878. The Balaban J connectivity index is 3.49. The van der Waals surface area contributed by atoms with E-state index in [0.717, 1.165) is 0 Å². The van der Waals surface area contributed by atoms with Crippen LogP contribution in [0.25, 0.3) is 0 Å². The van der Waals surface area contributed by atoms with E-state index < -0.39 is 0 Å². The first-order chi connectivity index (χ1) is 18.2. The van der Waals surface area contributed by atoms with Gasteiger partial charge in [-0.2, -0.15) is 0 Å². The molecule has 2 N–H and O–H groups in total. The van der Waals surface area contributed by atoms with Crippen LogP contribution in [0.5, 0.6) is 0 Å². The fourth-order valence-corrected chi connectivity index (χ4v) is 5.89. The molecule has 0 aliphatic heterocycles. The summed E-state index contributed by atoms with van der Waals surface area (Å²) in [6, 6.07) is 0. The Labute approximate surface area is 235 Å². The maximum Gasteiger partial charge on any atom is 0.217 e. The van der Waals surface area contributed by atoms with Gasteiger partial charge in [-0.3, -0.25) is 4.79 Å². The molecule has 0 saturated heterocycles. The molecule has 222 valence electrons. The van der Waals surface area contributed by atoms with E-state index >= 15 is 0 Å². The molecule has 0 rings (SSSR count). The van der Waals surface area contributed by atoms with Crippen LogP contribution in [0.1, 0.15) is 213 Å². The normalized spacial score (nSPS) is 11.5. The van der Waals surface area contributed by atoms with Gasteiger partial charge < -0.3 is 5.73 Å². The molecule has 0 radical (unpaired) electrons. The Bertz CT molecular complexity index is 403. The standard InChI is InChI=1S/C35H71NO/c1-3-5-7-9-11-13-15-17-19-21-23-25-27-29-31-34(33-35(36)37)32-30-28-26-24-22-20-18-16-14-12-10-8-6-4-2/h34H,3-33H2,1-2H3,(H2,36,37). The van der Waals surface area contributed by atoms with Crippen LogP contribution in [-0.4, -0.2) is 5.91 Å². The number of unbranched alkanes of at least 4 members (excludes halogenated alkanes) is 26. The van der Waals surface area contributed by atoms with Crippen LogP contribution < -0.4 is 5.73 Å². The molecule has 1 amide bonds. The molecule has 0 saturated carbocycles. The maximum atomic E-state index is 11.5. The summed E-state index contributed by atoms with van der Waals surface area (Å²) in [5.74, 6) is 0.438. The SMILES string of the molecule is CCCCCCCCCCCCCCCCC(CCCCCCCCCCCCCCCC)CC(N)=O. The lowest BCUT2D eigenvalue weighted by Crippen LogP contribution is -2.16. The molecule has 0 bridgehead atoms. The van der Waals surface area contributed by atoms with E-state index in [0.29, 0.717) is 12.3 Å². The summed E-state index contributed by atoms with van der Waals surface area (Å²) in [7, 11) is 0. The van der Waals surface area contributed by atoms with Gasteiger partial charge in [-0.25, -0.2) is 0 Å². The molecule has 37 heavy (non-hydrogen) atoms. The van der Waals surface area contributed by atoms with Gasteiger partial charge in [0.05, 0.1) is 0 Å². The predicted molar refractivity (Wildman–Crippen MR) is 167 cm³/mol. The Hall–Kier alpha value is -0.530. The molecule has 0 spiro atoms. The second-order valence-corrected chi connectivity index (χ2v) is 12.3. The molecule has 0 atom stereocenters. The van der Waals surface area contributed by atoms with E-state index in [4.69, 9.17) is 5.73 Å². The van der Waals surface area contributed by atoms with Gasteiger partial charge in [-0.1, -0.05) is 194 Å². The number of carbonyl (C=O) groups is 1. The lowest BCUT2D eigenvalue weighted by molar-refractivity contribution is -0.119. The number of rotatable bonds is 32. The van der Waals surface area contributed by atoms with Crippen molar-refractivity contribution in [3.05, 3.63) is 0 Å². The fraction of sp³-hybridized carbons (Fsp3) is 0.971. The second kappa shape index (κ2) is 31.7. The summed E-state index contributed by atoms with van der Waals surface area (Å²) in [5.41, 5.74) is 5.55. The van der Waals surface area contributed by atoms with Gasteiger partial charge in [0, 0.05) is 6.42 Å². The van der Waals surface area contributed by atoms with E-state index in [1.807, 2.05) is 0 Å². The second-order valence-electron chi connectivity index (χ2n) is 12.3. The van der Waals surface area contributed by atoms with Crippen LogP contribution in [-0.2, 0) is 4.79 Å². The summed E-state index contributed by atoms with van der Waals surface area (Å²) >= 11 is 0. The van der Waals surface area contributed by atoms with E-state index in [1.165, 1.54) is 193 Å². The van der Waals surface area contributed by atoms with Crippen LogP contribution >= 0.6 is 0 Å². The first-order valence-electron chi connectivity index (χ1n) is 17.5. The number of hydrogen-bond acceptors (Lipinski definition) is 1. The topological polar surface area (TPSA) is 43.1 Å². The predicted octanol–water partition coefficient (Wildman–Crippen LogP) is 12.2. The van der Waals surface area contributed by atoms with Gasteiger partial charge in [0.1, 0.15) is 0 Å². The molecular weight excluding hydrogens is 450 g/mol. The number of primary amides is 1. The highest BCUT2D eigenvalue weighted by atomic mass is 16.1. The minimum Gasteiger partial charge on any atom is -0.370 e. The van der Waals surface area contributed by atoms with Crippen molar-refractivity contribution in [3.63, 3.8) is 0 Å². The summed E-state index contributed by atoms with van der Waals surface area (Å²) in [6.07, 6.45) is 42.4. The van der Waals surface area contributed by atoms with E-state index in [-0.39, 0.29) is 5.91 Å². The van der Waals surface area contributed by atoms with Crippen molar-refractivity contribution in [2.45, 2.75) is 213 Å². The highest BCUT2D eigenvalue weighted by Gasteiger charge is 2.11. The lowest BCUT2D eigenvalue weighted by atomic mass is 9.91. The average molecular weight is 522 g/mol. The Morgan fingerprint density at radius 1 is 0.405 bits per heavy atom. The molecule has 0 aromatic rings. The maximum absolute atomic E-state index is 11.5. The van der Waals surface area contributed by atoms with Gasteiger partial charge in [-0.05, 0) is 18.8 Å². The van der Waals surface area contributed by atoms with Crippen LogP contribution in [0.15, 0.2) is 0 Å². The van der Waals surface area contributed by atoms with Crippen molar-refractivity contribution >= 4 is 5.91 Å². The number of carbonyl (C=O) groups excluding carboxylic acids is 1. The highest BCUT2D eigenvalue weighted by molar-refractivity contribution is 5.73. The first-order valence-corrected chi connectivity index (χ1v) is 17.5. The van der Waals surface area contributed by atoms with Gasteiger partial charge >= 0.3 is 0 Å². The molecule has 0 heterocycles. The molecule has 2 nitrogen and oxygen atoms in total. The third-order valence-corrected chi connectivity index (χ3v) is 8.42. The van der Waals surface area contributed by atoms with Crippen molar-refractivity contribution in [3.8, 4) is 0 Å². The van der Waals surface area contributed by atoms with Crippen LogP contribution in [0.2, 0.25) is 0 Å². The molecule has 0 aliphatic carbocycles. The summed E-state index contributed by atoms with van der Waals surface area (Å²) in [5, 5.41) is 0. The van der Waals surface area contributed by atoms with Crippen molar-refractivity contribution < 1.29 is 4.79 Å². The zero-order valence-electron chi connectivity index (χ0n) is 26.0. The van der Waals surface area contributed by atoms with E-state index in [9.17, 15) is 4.79 Å².